The van der Waals surface area contributed by atoms with Crippen LogP contribution in [-0.2, 0) is 0 Å². The topological polar surface area (TPSA) is 107 Å². The van der Waals surface area contributed by atoms with Crippen LogP contribution < -0.4 is 28.4 Å². The molecule has 0 amide bonds. The molecule has 0 heterocycles. The van der Waals surface area contributed by atoms with E-state index < -0.39 is 23.2 Å². The molecule has 57 heavy (non-hydrogen) atoms. The van der Waals surface area contributed by atoms with E-state index in [1.54, 1.807) is 54.6 Å². The molecule has 0 aromatic heterocycles. The summed E-state index contributed by atoms with van der Waals surface area (Å²) in [6.07, 6.45) is 6.47. The molecule has 3 rings (SSSR count). The van der Waals surface area contributed by atoms with Crippen molar-refractivity contribution in [2.75, 3.05) is 53.0 Å². The van der Waals surface area contributed by atoms with Crippen LogP contribution >= 0.6 is 6.60 Å². The zero-order chi connectivity index (χ0) is 42.0. The fraction of sp³-hybridized carbons (Fsp3) is 0.553. The summed E-state index contributed by atoms with van der Waals surface area (Å²) in [7, 11) is 3.01. The molecule has 0 aliphatic carbocycles. The van der Waals surface area contributed by atoms with Gasteiger partial charge < -0.3 is 0 Å². The van der Waals surface area contributed by atoms with Gasteiger partial charge in [-0.3, -0.25) is 0 Å². The monoisotopic (exact) mass is 808 g/mol. The molecule has 0 N–H and O–H groups in total. The van der Waals surface area contributed by atoms with Crippen LogP contribution in [0.15, 0.2) is 54.6 Å². The summed E-state index contributed by atoms with van der Waals surface area (Å²) >= 11 is 0. The first-order valence-corrected chi connectivity index (χ1v) is 23.6. The van der Waals surface area contributed by atoms with Crippen LogP contribution in [-0.4, -0.2) is 69.5 Å². The maximum atomic E-state index is 16.8. The van der Waals surface area contributed by atoms with Crippen LogP contribution in [0.3, 0.4) is 0 Å². The molecule has 0 unspecified atom stereocenters. The molecule has 316 valence electrons. The van der Waals surface area contributed by atoms with Gasteiger partial charge in [0.2, 0.25) is 0 Å². The van der Waals surface area contributed by atoms with Crippen molar-refractivity contribution in [3.05, 3.63) is 71.3 Å². The minimum absolute atomic E-state index is 0.00908. The molecule has 10 heteroatoms. The molecule has 0 atom stereocenters. The van der Waals surface area contributed by atoms with Gasteiger partial charge in [0.05, 0.1) is 0 Å². The second-order valence-electron chi connectivity index (χ2n) is 15.7. The Labute approximate surface area is 342 Å². The van der Waals surface area contributed by atoms with E-state index in [1.807, 2.05) is 27.7 Å². The van der Waals surface area contributed by atoms with Crippen LogP contribution in [0.2, 0.25) is 0 Å². The summed E-state index contributed by atoms with van der Waals surface area (Å²) in [5.41, 5.74) is -1.29. The molecule has 0 aliphatic heterocycles. The molecular weight excluding hydrogens is 739 g/mol. The molecule has 0 radical (unpaired) electrons. The van der Waals surface area contributed by atoms with E-state index in [0.29, 0.717) is 32.2 Å². The zero-order valence-corrected chi connectivity index (χ0v) is 37.3. The first-order chi connectivity index (χ1) is 27.4. The van der Waals surface area contributed by atoms with E-state index in [9.17, 15) is 0 Å². The van der Waals surface area contributed by atoms with Crippen LogP contribution in [0.4, 0.5) is 0 Å². The van der Waals surface area contributed by atoms with Crippen molar-refractivity contribution in [2.45, 2.75) is 107 Å². The first kappa shape index (κ1) is 47.3. The van der Waals surface area contributed by atoms with Crippen molar-refractivity contribution < 1.29 is 42.8 Å². The SMILES string of the molecule is CCCCOc1cccc(OCCCC)c1C(=O)P(CC(C)C)(CC(C)C)(C(=O)c1ccc(OC)cc1OC)C(=O)c1c(OCCCC)cccc1OCCCC. The average Bonchev–Trinajstić information content (AvgIpc) is 3.19. The quantitative estimate of drug-likeness (QED) is 0.0523. The number of unbranched alkanes of at least 4 members (excludes halogenated alkanes) is 4. The Bertz CT molecular complexity index is 1620. The Morgan fingerprint density at radius 3 is 1.18 bits per heavy atom. The van der Waals surface area contributed by atoms with Crippen LogP contribution in [0.5, 0.6) is 34.5 Å². The van der Waals surface area contributed by atoms with Crippen molar-refractivity contribution in [1.82, 2.24) is 0 Å². The van der Waals surface area contributed by atoms with Crippen molar-refractivity contribution in [3.8, 4) is 34.5 Å². The molecule has 3 aromatic carbocycles. The second-order valence-corrected chi connectivity index (χ2v) is 20.7. The Balaban J connectivity index is 2.71. The number of carbonyl (C=O) groups is 3. The van der Waals surface area contributed by atoms with Crippen LogP contribution in [0.1, 0.15) is 138 Å². The number of benzene rings is 3. The molecular formula is C47H69O9P. The third-order valence-electron chi connectivity index (χ3n) is 10.1. The predicted molar refractivity (Wildman–Crippen MR) is 233 cm³/mol. The normalized spacial score (nSPS) is 12.2. The minimum atomic E-state index is -5.31. The van der Waals surface area contributed by atoms with E-state index in [0.717, 1.165) is 51.4 Å². The predicted octanol–water partition coefficient (Wildman–Crippen LogP) is 12.1. The van der Waals surface area contributed by atoms with Gasteiger partial charge in [0.1, 0.15) is 0 Å². The van der Waals surface area contributed by atoms with Crippen molar-refractivity contribution >= 4 is 23.2 Å². The van der Waals surface area contributed by atoms with Gasteiger partial charge in [0, 0.05) is 0 Å². The van der Waals surface area contributed by atoms with E-state index in [2.05, 4.69) is 27.7 Å². The summed E-state index contributed by atoms with van der Waals surface area (Å²) < 4.78 is 37.1. The van der Waals surface area contributed by atoms with Crippen molar-refractivity contribution in [1.29, 1.82) is 0 Å². The summed E-state index contributed by atoms with van der Waals surface area (Å²) in [5, 5.41) is 0. The fourth-order valence-corrected chi connectivity index (χ4v) is 14.7. The number of rotatable bonds is 28. The van der Waals surface area contributed by atoms with E-state index >= 15 is 14.4 Å². The van der Waals surface area contributed by atoms with Crippen LogP contribution in [0, 0.1) is 11.8 Å². The first-order valence-electron chi connectivity index (χ1n) is 21.0. The van der Waals surface area contributed by atoms with Gasteiger partial charge >= 0.3 is 343 Å². The van der Waals surface area contributed by atoms with Gasteiger partial charge in [-0.1, -0.05) is 0 Å². The van der Waals surface area contributed by atoms with Gasteiger partial charge in [-0.15, -0.1) is 0 Å². The second kappa shape index (κ2) is 22.7. The number of hydrogen-bond donors (Lipinski definition) is 0. The summed E-state index contributed by atoms with van der Waals surface area (Å²) in [6.45, 7) is 12.2. The Hall–Kier alpha value is -4.10. The number of hydrogen-bond acceptors (Lipinski definition) is 9. The van der Waals surface area contributed by atoms with Gasteiger partial charge in [-0.05, 0) is 0 Å². The molecule has 0 fully saturated rings. The third kappa shape index (κ3) is 10.9. The molecule has 0 saturated heterocycles. The van der Waals surface area contributed by atoms with E-state index in [-0.39, 0.29) is 69.6 Å². The molecule has 0 bridgehead atoms. The van der Waals surface area contributed by atoms with Gasteiger partial charge in [0.25, 0.3) is 0 Å². The standard InChI is InChI=1S/C47H69O9P/c1-11-15-27-53-38-21-19-22-39(54-28-16-12-2)43(38)46(49)57(32-34(5)6,33-35(7)8,45(48)37-26-25-36(51-9)31-42(37)52-10)47(50)44-40(55-29-17-13-3)23-20-24-41(44)56-30-18-14-4/h19-26,31,34-35H,11-18,27-30,32-33H2,1-10H3. The van der Waals surface area contributed by atoms with E-state index in [1.165, 1.54) is 14.2 Å². The summed E-state index contributed by atoms with van der Waals surface area (Å²) in [6, 6.07) is 15.5. The van der Waals surface area contributed by atoms with Gasteiger partial charge in [0.15, 0.2) is 0 Å². The summed E-state index contributed by atoms with van der Waals surface area (Å²) in [4.78, 5) is 50.0. The average molecular weight is 809 g/mol. The molecule has 0 spiro atoms. The van der Waals surface area contributed by atoms with Crippen LogP contribution in [0.25, 0.3) is 0 Å². The Morgan fingerprint density at radius 2 is 0.877 bits per heavy atom. The summed E-state index contributed by atoms with van der Waals surface area (Å²) in [5.74, 6) is 1.28. The van der Waals surface area contributed by atoms with Gasteiger partial charge in [-0.2, -0.15) is 0 Å². The molecule has 0 saturated carbocycles. The third-order valence-corrected chi connectivity index (χ3v) is 16.8. The fourth-order valence-electron chi connectivity index (χ4n) is 7.50. The number of methoxy groups -OCH3 is 2. The van der Waals surface area contributed by atoms with Crippen molar-refractivity contribution in [2.24, 2.45) is 11.8 Å². The maximum absolute atomic E-state index is 16.8. The molecule has 9 nitrogen and oxygen atoms in total. The Morgan fingerprint density at radius 1 is 0.509 bits per heavy atom. The number of ether oxygens (including phenoxy) is 6. The number of carbonyl (C=O) groups excluding carboxylic acids is 3. The molecule has 0 aliphatic rings. The zero-order valence-electron chi connectivity index (χ0n) is 36.4. The molecule has 3 aromatic rings. The van der Waals surface area contributed by atoms with Gasteiger partial charge in [-0.25, -0.2) is 0 Å². The van der Waals surface area contributed by atoms with Crippen molar-refractivity contribution in [3.63, 3.8) is 0 Å². The van der Waals surface area contributed by atoms with E-state index in [4.69, 9.17) is 28.4 Å². The Kier molecular flexibility index (Phi) is 18.9.